The van der Waals surface area contributed by atoms with Gasteiger partial charge in [-0.15, -0.1) is 0 Å². The number of hydrogen-bond donors (Lipinski definition) is 1. The summed E-state index contributed by atoms with van der Waals surface area (Å²) < 4.78 is 30.8. The third-order valence-electron chi connectivity index (χ3n) is 3.26. The van der Waals surface area contributed by atoms with Gasteiger partial charge >= 0.3 is 5.97 Å². The van der Waals surface area contributed by atoms with Crippen LogP contribution in [-0.2, 0) is 14.8 Å². The predicted molar refractivity (Wildman–Crippen MR) is 88.4 cm³/mol. The largest absolute Gasteiger partial charge is 0.481 e. The highest BCUT2D eigenvalue weighted by Gasteiger charge is 2.19. The molecule has 0 amide bonds. The number of carboxylic acid groups (broad SMARTS) is 1. The summed E-state index contributed by atoms with van der Waals surface area (Å²) >= 11 is 0. The van der Waals surface area contributed by atoms with Crippen LogP contribution in [0.3, 0.4) is 0 Å². The Hall–Kier alpha value is -2.96. The molecule has 1 aromatic carbocycles. The second-order valence-electron chi connectivity index (χ2n) is 5.20. The van der Waals surface area contributed by atoms with Crippen molar-refractivity contribution in [1.82, 2.24) is 9.29 Å². The van der Waals surface area contributed by atoms with E-state index in [0.29, 0.717) is 16.7 Å². The predicted octanol–water partition coefficient (Wildman–Crippen LogP) is 1.33. The van der Waals surface area contributed by atoms with E-state index in [0.717, 1.165) is 4.31 Å². The molecule has 0 aliphatic heterocycles. The highest BCUT2D eigenvalue weighted by molar-refractivity contribution is 7.89. The van der Waals surface area contributed by atoms with E-state index in [1.165, 1.54) is 50.8 Å². The number of aliphatic carboxylic acids is 1. The van der Waals surface area contributed by atoms with E-state index in [-0.39, 0.29) is 10.6 Å². The van der Waals surface area contributed by atoms with Crippen molar-refractivity contribution in [2.24, 2.45) is 0 Å². The van der Waals surface area contributed by atoms with E-state index >= 15 is 0 Å². The summed E-state index contributed by atoms with van der Waals surface area (Å²) in [6.45, 7) is -0.567. The topological polar surface area (TPSA) is 121 Å². The van der Waals surface area contributed by atoms with E-state index in [2.05, 4.69) is 4.98 Å². The second-order valence-corrected chi connectivity index (χ2v) is 7.35. The van der Waals surface area contributed by atoms with Gasteiger partial charge < -0.3 is 9.84 Å². The molecule has 0 saturated heterocycles. The van der Waals surface area contributed by atoms with Crippen LogP contribution in [0.15, 0.2) is 41.6 Å². The first-order chi connectivity index (χ1) is 11.8. The SMILES string of the molecule is CN(C)S(=O)(=O)c1cncc(-c2cc(C#N)ccc2OCC(=O)O)c1. The van der Waals surface area contributed by atoms with E-state index in [1.54, 1.807) is 0 Å². The van der Waals surface area contributed by atoms with Gasteiger partial charge in [-0.25, -0.2) is 17.5 Å². The Kier molecular flexibility index (Phi) is 5.36. The second kappa shape index (κ2) is 7.29. The standard InChI is InChI=1S/C16H15N3O5S/c1-19(2)25(22,23)13-6-12(8-18-9-13)14-5-11(7-17)3-4-15(14)24-10-16(20)21/h3-6,8-9H,10H2,1-2H3,(H,20,21). The summed E-state index contributed by atoms with van der Waals surface area (Å²) in [6.07, 6.45) is 2.63. The maximum Gasteiger partial charge on any atom is 0.341 e. The van der Waals surface area contributed by atoms with Gasteiger partial charge in [0.2, 0.25) is 10.0 Å². The van der Waals surface area contributed by atoms with Gasteiger partial charge in [0.25, 0.3) is 0 Å². The third kappa shape index (κ3) is 4.12. The minimum Gasteiger partial charge on any atom is -0.481 e. The lowest BCUT2D eigenvalue weighted by molar-refractivity contribution is -0.139. The van der Waals surface area contributed by atoms with Crippen molar-refractivity contribution >= 4 is 16.0 Å². The highest BCUT2D eigenvalue weighted by atomic mass is 32.2. The molecule has 9 heteroatoms. The van der Waals surface area contributed by atoms with Crippen molar-refractivity contribution in [2.75, 3.05) is 20.7 Å². The van der Waals surface area contributed by atoms with E-state index in [9.17, 15) is 13.2 Å². The molecule has 1 aromatic heterocycles. The number of nitrogens with zero attached hydrogens (tertiary/aromatic N) is 3. The van der Waals surface area contributed by atoms with Crippen LogP contribution in [0.1, 0.15) is 5.56 Å². The van der Waals surface area contributed by atoms with E-state index < -0.39 is 22.6 Å². The number of rotatable bonds is 6. The van der Waals surface area contributed by atoms with Gasteiger partial charge in [-0.05, 0) is 24.3 Å². The molecular formula is C16H15N3O5S. The first-order valence-corrected chi connectivity index (χ1v) is 8.46. The average Bonchev–Trinajstić information content (AvgIpc) is 2.59. The van der Waals surface area contributed by atoms with Crippen LogP contribution >= 0.6 is 0 Å². The van der Waals surface area contributed by atoms with Gasteiger partial charge in [-0.2, -0.15) is 5.26 Å². The van der Waals surface area contributed by atoms with Crippen LogP contribution in [-0.4, -0.2) is 49.5 Å². The van der Waals surface area contributed by atoms with Gasteiger partial charge in [0, 0.05) is 37.6 Å². The van der Waals surface area contributed by atoms with E-state index in [1.807, 2.05) is 6.07 Å². The minimum absolute atomic E-state index is 0.0263. The fraction of sp³-hybridized carbons (Fsp3) is 0.188. The van der Waals surface area contributed by atoms with Crippen molar-refractivity contribution < 1.29 is 23.1 Å². The van der Waals surface area contributed by atoms with Crippen molar-refractivity contribution in [3.63, 3.8) is 0 Å². The van der Waals surface area contributed by atoms with Gasteiger partial charge in [-0.3, -0.25) is 4.98 Å². The number of sulfonamides is 1. The fourth-order valence-corrected chi connectivity index (χ4v) is 2.90. The molecule has 0 aliphatic rings. The molecule has 0 unspecified atom stereocenters. The zero-order valence-electron chi connectivity index (χ0n) is 13.5. The number of carbonyl (C=O) groups is 1. The summed E-state index contributed by atoms with van der Waals surface area (Å²) in [4.78, 5) is 14.6. The highest BCUT2D eigenvalue weighted by Crippen LogP contribution is 2.32. The zero-order chi connectivity index (χ0) is 18.6. The van der Waals surface area contributed by atoms with Crippen LogP contribution in [0, 0.1) is 11.3 Å². The van der Waals surface area contributed by atoms with Crippen LogP contribution < -0.4 is 4.74 Å². The molecular weight excluding hydrogens is 346 g/mol. The molecule has 1 N–H and O–H groups in total. The van der Waals surface area contributed by atoms with Gasteiger partial charge in [0.05, 0.1) is 11.6 Å². The number of hydrogen-bond acceptors (Lipinski definition) is 6. The number of aromatic nitrogens is 1. The van der Waals surface area contributed by atoms with Crippen molar-refractivity contribution in [3.8, 4) is 22.9 Å². The normalized spacial score (nSPS) is 11.1. The number of carboxylic acids is 1. The average molecular weight is 361 g/mol. The number of benzene rings is 1. The molecule has 2 aromatic rings. The summed E-state index contributed by atoms with van der Waals surface area (Å²) in [6, 6.07) is 7.80. The molecule has 8 nitrogen and oxygen atoms in total. The van der Waals surface area contributed by atoms with Crippen LogP contribution in [0.25, 0.3) is 11.1 Å². The smallest absolute Gasteiger partial charge is 0.341 e. The summed E-state index contributed by atoms with van der Waals surface area (Å²) in [5, 5.41) is 17.8. The Morgan fingerprint density at radius 1 is 1.32 bits per heavy atom. The Balaban J connectivity index is 2.57. The Bertz CT molecular complexity index is 948. The molecule has 130 valence electrons. The summed E-state index contributed by atoms with van der Waals surface area (Å²) in [5.74, 6) is -0.944. The molecule has 0 radical (unpaired) electrons. The number of nitriles is 1. The molecule has 0 fully saturated rings. The third-order valence-corrected chi connectivity index (χ3v) is 5.04. The molecule has 2 rings (SSSR count). The lowest BCUT2D eigenvalue weighted by Crippen LogP contribution is -2.22. The van der Waals surface area contributed by atoms with Crippen LogP contribution in [0.4, 0.5) is 0 Å². The molecule has 1 heterocycles. The first-order valence-electron chi connectivity index (χ1n) is 7.02. The first kappa shape index (κ1) is 18.4. The van der Waals surface area contributed by atoms with Crippen molar-refractivity contribution in [2.45, 2.75) is 4.90 Å². The lowest BCUT2D eigenvalue weighted by atomic mass is 10.0. The van der Waals surface area contributed by atoms with Gasteiger partial charge in [-0.1, -0.05) is 0 Å². The lowest BCUT2D eigenvalue weighted by Gasteiger charge is -2.14. The van der Waals surface area contributed by atoms with Gasteiger partial charge in [0.1, 0.15) is 10.6 Å². The number of pyridine rings is 1. The minimum atomic E-state index is -3.69. The summed E-state index contributed by atoms with van der Waals surface area (Å²) in [7, 11) is -0.886. The Morgan fingerprint density at radius 2 is 2.04 bits per heavy atom. The molecule has 25 heavy (non-hydrogen) atoms. The van der Waals surface area contributed by atoms with Crippen LogP contribution in [0.2, 0.25) is 0 Å². The quantitative estimate of drug-likeness (QED) is 0.824. The zero-order valence-corrected chi connectivity index (χ0v) is 14.3. The maximum atomic E-state index is 12.3. The Labute approximate surface area is 145 Å². The fourth-order valence-electron chi connectivity index (χ4n) is 2.01. The maximum absolute atomic E-state index is 12.3. The monoisotopic (exact) mass is 361 g/mol. The molecule has 0 atom stereocenters. The van der Waals surface area contributed by atoms with Crippen LogP contribution in [0.5, 0.6) is 5.75 Å². The van der Waals surface area contributed by atoms with E-state index in [4.69, 9.17) is 15.1 Å². The number of ether oxygens (including phenoxy) is 1. The van der Waals surface area contributed by atoms with Gasteiger partial charge in [0.15, 0.2) is 6.61 Å². The molecule has 0 saturated carbocycles. The summed E-state index contributed by atoms with van der Waals surface area (Å²) in [5.41, 5.74) is 1.09. The molecule has 0 bridgehead atoms. The van der Waals surface area contributed by atoms with Crippen molar-refractivity contribution in [3.05, 3.63) is 42.2 Å². The van der Waals surface area contributed by atoms with Crippen molar-refractivity contribution in [1.29, 1.82) is 5.26 Å². The molecule has 0 spiro atoms. The Morgan fingerprint density at radius 3 is 2.64 bits per heavy atom. The molecule has 0 aliphatic carbocycles.